The summed E-state index contributed by atoms with van der Waals surface area (Å²) in [4.78, 5) is 17.0. The van der Waals surface area contributed by atoms with Crippen LogP contribution < -0.4 is 4.90 Å². The average molecular weight is 482 g/mol. The van der Waals surface area contributed by atoms with Gasteiger partial charge in [-0.15, -0.1) is 0 Å². The Morgan fingerprint density at radius 3 is 2.16 bits per heavy atom. The standard InChI is InChI=1S/C22H25Cl2N3O3S/c23-18-6-2-3-7-20(18)25-12-14-26(15-13-25)22(28)17-8-9-19(24)21(16-17)31(29,30)27-10-4-1-5-11-27/h2-3,6-9,16H,1,4-5,10-15H2. The van der Waals surface area contributed by atoms with E-state index in [1.54, 1.807) is 11.0 Å². The molecule has 166 valence electrons. The van der Waals surface area contributed by atoms with E-state index in [0.717, 1.165) is 24.9 Å². The molecule has 9 heteroatoms. The number of sulfonamides is 1. The number of amides is 1. The zero-order valence-corrected chi connectivity index (χ0v) is 19.5. The van der Waals surface area contributed by atoms with E-state index in [4.69, 9.17) is 23.2 Å². The minimum atomic E-state index is -3.72. The first kappa shape index (κ1) is 22.4. The smallest absolute Gasteiger partial charge is 0.254 e. The van der Waals surface area contributed by atoms with E-state index >= 15 is 0 Å². The number of para-hydroxylation sites is 1. The van der Waals surface area contributed by atoms with Gasteiger partial charge in [-0.1, -0.05) is 41.8 Å². The molecule has 0 saturated carbocycles. The molecule has 0 radical (unpaired) electrons. The van der Waals surface area contributed by atoms with E-state index in [0.29, 0.717) is 49.9 Å². The Balaban J connectivity index is 1.50. The predicted molar refractivity (Wildman–Crippen MR) is 124 cm³/mol. The van der Waals surface area contributed by atoms with Gasteiger partial charge in [0.05, 0.1) is 15.7 Å². The second-order valence-electron chi connectivity index (χ2n) is 7.84. The number of anilines is 1. The molecule has 31 heavy (non-hydrogen) atoms. The third-order valence-electron chi connectivity index (χ3n) is 5.87. The molecule has 1 amide bonds. The van der Waals surface area contributed by atoms with Crippen LogP contribution in [0.1, 0.15) is 29.6 Å². The highest BCUT2D eigenvalue weighted by Crippen LogP contribution is 2.29. The topological polar surface area (TPSA) is 60.9 Å². The molecule has 0 spiro atoms. The normalized spacial score (nSPS) is 18.3. The van der Waals surface area contributed by atoms with E-state index < -0.39 is 10.0 Å². The number of rotatable bonds is 4. The molecule has 2 aromatic rings. The first-order valence-electron chi connectivity index (χ1n) is 10.5. The first-order valence-corrected chi connectivity index (χ1v) is 12.7. The maximum absolute atomic E-state index is 13.1. The molecule has 2 aliphatic rings. The van der Waals surface area contributed by atoms with Crippen molar-refractivity contribution in [3.05, 3.63) is 58.1 Å². The fraction of sp³-hybridized carbons (Fsp3) is 0.409. The lowest BCUT2D eigenvalue weighted by molar-refractivity contribution is 0.0746. The van der Waals surface area contributed by atoms with Crippen molar-refractivity contribution in [1.82, 2.24) is 9.21 Å². The Morgan fingerprint density at radius 1 is 0.806 bits per heavy atom. The third kappa shape index (κ3) is 4.70. The van der Waals surface area contributed by atoms with Crippen LogP contribution >= 0.6 is 23.2 Å². The molecule has 0 N–H and O–H groups in total. The van der Waals surface area contributed by atoms with E-state index in [-0.39, 0.29) is 15.8 Å². The van der Waals surface area contributed by atoms with Crippen molar-refractivity contribution in [2.75, 3.05) is 44.2 Å². The molecular formula is C22H25Cl2N3O3S. The van der Waals surface area contributed by atoms with Gasteiger partial charge in [0.25, 0.3) is 5.91 Å². The van der Waals surface area contributed by atoms with Crippen LogP contribution in [0.25, 0.3) is 0 Å². The van der Waals surface area contributed by atoms with Gasteiger partial charge in [0, 0.05) is 44.8 Å². The van der Waals surface area contributed by atoms with Crippen molar-refractivity contribution >= 4 is 44.8 Å². The van der Waals surface area contributed by atoms with Crippen LogP contribution in [0.4, 0.5) is 5.69 Å². The van der Waals surface area contributed by atoms with Crippen LogP contribution in [-0.2, 0) is 10.0 Å². The summed E-state index contributed by atoms with van der Waals surface area (Å²) in [5.41, 5.74) is 1.30. The summed E-state index contributed by atoms with van der Waals surface area (Å²) < 4.78 is 27.6. The summed E-state index contributed by atoms with van der Waals surface area (Å²) in [6.07, 6.45) is 2.70. The minimum absolute atomic E-state index is 0.0108. The molecule has 0 aliphatic carbocycles. The van der Waals surface area contributed by atoms with Gasteiger partial charge in [0.15, 0.2) is 0 Å². The van der Waals surface area contributed by atoms with Gasteiger partial charge < -0.3 is 9.80 Å². The molecule has 2 heterocycles. The van der Waals surface area contributed by atoms with Crippen molar-refractivity contribution in [3.63, 3.8) is 0 Å². The number of piperidine rings is 1. The maximum Gasteiger partial charge on any atom is 0.254 e. The van der Waals surface area contributed by atoms with Gasteiger partial charge >= 0.3 is 0 Å². The van der Waals surface area contributed by atoms with Crippen LogP contribution in [0.5, 0.6) is 0 Å². The van der Waals surface area contributed by atoms with Crippen molar-refractivity contribution in [3.8, 4) is 0 Å². The van der Waals surface area contributed by atoms with Crippen molar-refractivity contribution in [2.24, 2.45) is 0 Å². The molecule has 2 aromatic carbocycles. The van der Waals surface area contributed by atoms with Crippen LogP contribution in [0, 0.1) is 0 Å². The van der Waals surface area contributed by atoms with Crippen molar-refractivity contribution < 1.29 is 13.2 Å². The van der Waals surface area contributed by atoms with E-state index in [2.05, 4.69) is 4.90 Å². The highest BCUT2D eigenvalue weighted by Gasteiger charge is 2.30. The lowest BCUT2D eigenvalue weighted by Gasteiger charge is -2.36. The Hall–Kier alpha value is -1.80. The first-order chi connectivity index (χ1) is 14.9. The zero-order valence-electron chi connectivity index (χ0n) is 17.1. The molecule has 0 atom stereocenters. The van der Waals surface area contributed by atoms with Crippen molar-refractivity contribution in [1.29, 1.82) is 0 Å². The fourth-order valence-corrected chi connectivity index (χ4v) is 6.39. The summed E-state index contributed by atoms with van der Waals surface area (Å²) in [7, 11) is -3.72. The summed E-state index contributed by atoms with van der Waals surface area (Å²) in [5.74, 6) is -0.189. The molecule has 0 unspecified atom stereocenters. The van der Waals surface area contributed by atoms with Crippen LogP contribution in [0.3, 0.4) is 0 Å². The Labute approximate surface area is 193 Å². The van der Waals surface area contributed by atoms with Crippen LogP contribution in [0.15, 0.2) is 47.4 Å². The summed E-state index contributed by atoms with van der Waals surface area (Å²) in [6, 6.07) is 12.2. The number of benzene rings is 2. The largest absolute Gasteiger partial charge is 0.367 e. The van der Waals surface area contributed by atoms with Crippen molar-refractivity contribution in [2.45, 2.75) is 24.2 Å². The molecule has 4 rings (SSSR count). The molecule has 2 aliphatic heterocycles. The molecule has 0 bridgehead atoms. The van der Waals surface area contributed by atoms with Crippen LogP contribution in [-0.4, -0.2) is 62.8 Å². The Bertz CT molecular complexity index is 1060. The molecule has 2 saturated heterocycles. The summed E-state index contributed by atoms with van der Waals surface area (Å²) in [5, 5.41) is 0.832. The molecule has 2 fully saturated rings. The average Bonchev–Trinajstić information content (AvgIpc) is 2.80. The second-order valence-corrected chi connectivity index (χ2v) is 10.6. The lowest BCUT2D eigenvalue weighted by atomic mass is 10.1. The number of nitrogens with zero attached hydrogens (tertiary/aromatic N) is 3. The Morgan fingerprint density at radius 2 is 1.48 bits per heavy atom. The van der Waals surface area contributed by atoms with E-state index in [1.165, 1.54) is 16.4 Å². The number of hydrogen-bond acceptors (Lipinski definition) is 4. The third-order valence-corrected chi connectivity index (χ3v) is 8.57. The number of carbonyl (C=O) groups is 1. The lowest BCUT2D eigenvalue weighted by Crippen LogP contribution is -2.49. The number of piperazine rings is 1. The highest BCUT2D eigenvalue weighted by atomic mass is 35.5. The fourth-order valence-electron chi connectivity index (χ4n) is 4.12. The number of halogens is 2. The van der Waals surface area contributed by atoms with Gasteiger partial charge in [-0.2, -0.15) is 4.31 Å². The molecular weight excluding hydrogens is 457 g/mol. The van der Waals surface area contributed by atoms with Gasteiger partial charge in [0.1, 0.15) is 4.90 Å². The highest BCUT2D eigenvalue weighted by molar-refractivity contribution is 7.89. The quantitative estimate of drug-likeness (QED) is 0.658. The van der Waals surface area contributed by atoms with Gasteiger partial charge in [0.2, 0.25) is 10.0 Å². The summed E-state index contributed by atoms with van der Waals surface area (Å²) >= 11 is 12.5. The molecule has 6 nitrogen and oxygen atoms in total. The SMILES string of the molecule is O=C(c1ccc(Cl)c(S(=O)(=O)N2CCCCC2)c1)N1CCN(c2ccccc2Cl)CC1. The van der Waals surface area contributed by atoms with Gasteiger partial charge in [-0.25, -0.2) is 8.42 Å². The van der Waals surface area contributed by atoms with E-state index in [1.807, 2.05) is 24.3 Å². The minimum Gasteiger partial charge on any atom is -0.367 e. The monoisotopic (exact) mass is 481 g/mol. The maximum atomic E-state index is 13.1. The zero-order chi connectivity index (χ0) is 22.0. The second kappa shape index (κ2) is 9.36. The summed E-state index contributed by atoms with van der Waals surface area (Å²) in [6.45, 7) is 3.34. The van der Waals surface area contributed by atoms with E-state index in [9.17, 15) is 13.2 Å². The van der Waals surface area contributed by atoms with Gasteiger partial charge in [-0.3, -0.25) is 4.79 Å². The number of carbonyl (C=O) groups excluding carboxylic acids is 1. The van der Waals surface area contributed by atoms with Gasteiger partial charge in [-0.05, 0) is 43.2 Å². The predicted octanol–water partition coefficient (Wildman–Crippen LogP) is 4.13. The number of hydrogen-bond donors (Lipinski definition) is 0. The Kier molecular flexibility index (Phi) is 6.77. The molecule has 0 aromatic heterocycles. The van der Waals surface area contributed by atoms with Crippen LogP contribution in [0.2, 0.25) is 10.0 Å².